The molecule has 3 fully saturated rings. The molecule has 2 N–H and O–H groups in total. The van der Waals surface area contributed by atoms with Crippen molar-refractivity contribution in [3.63, 3.8) is 0 Å². The Balaban J connectivity index is 1.17. The molecular weight excluding hydrogens is 504 g/mol. The summed E-state index contributed by atoms with van der Waals surface area (Å²) in [6.45, 7) is 7.70. The average Bonchev–Trinajstić information content (AvgIpc) is 2.78. The number of likely N-dealkylation sites (tertiary alicyclic amines) is 1. The van der Waals surface area contributed by atoms with E-state index in [4.69, 9.17) is 23.2 Å². The highest BCUT2D eigenvalue weighted by Crippen LogP contribution is 2.45. The van der Waals surface area contributed by atoms with Crippen LogP contribution in [0.2, 0.25) is 10.0 Å². The maximum Gasteiger partial charge on any atom is 0.309 e. The smallest absolute Gasteiger partial charge is 0.309 e. The fourth-order valence-electron chi connectivity index (χ4n) is 5.89. The fraction of sp³-hybridized carbons (Fsp3) is 0.577. The highest BCUT2D eigenvalue weighted by molar-refractivity contribution is 6.33. The summed E-state index contributed by atoms with van der Waals surface area (Å²) in [6.07, 6.45) is 5.49. The van der Waals surface area contributed by atoms with Crippen LogP contribution in [0.1, 0.15) is 51.1 Å². The van der Waals surface area contributed by atoms with E-state index >= 15 is 0 Å². The molecular formula is C26H32Cl2FN5O2. The lowest BCUT2D eigenvalue weighted by Crippen LogP contribution is -2.58. The summed E-state index contributed by atoms with van der Waals surface area (Å²) >= 11 is 12.6. The van der Waals surface area contributed by atoms with Crippen molar-refractivity contribution in [2.45, 2.75) is 51.6 Å². The molecule has 7 nitrogen and oxygen atoms in total. The first-order valence-corrected chi connectivity index (χ1v) is 13.3. The molecule has 0 bridgehead atoms. The highest BCUT2D eigenvalue weighted by Gasteiger charge is 2.49. The largest absolute Gasteiger partial charge is 0.481 e. The van der Waals surface area contributed by atoms with Gasteiger partial charge in [0.2, 0.25) is 5.95 Å². The van der Waals surface area contributed by atoms with E-state index in [-0.39, 0.29) is 11.9 Å². The molecule has 1 aromatic heterocycles. The molecule has 2 saturated heterocycles. The molecule has 2 atom stereocenters. The number of aromatic nitrogens is 2. The van der Waals surface area contributed by atoms with E-state index in [0.717, 1.165) is 51.0 Å². The van der Waals surface area contributed by atoms with Crippen LogP contribution in [0.4, 0.5) is 16.2 Å². The number of hydrogen-bond donors (Lipinski definition) is 2. The first-order chi connectivity index (χ1) is 17.1. The van der Waals surface area contributed by atoms with Crippen LogP contribution in [-0.4, -0.2) is 58.2 Å². The number of nitrogens with zero attached hydrogens (tertiary/aromatic N) is 4. The Morgan fingerprint density at radius 1 is 1.22 bits per heavy atom. The minimum absolute atomic E-state index is 0.217. The van der Waals surface area contributed by atoms with Crippen molar-refractivity contribution in [3.05, 3.63) is 45.8 Å². The zero-order valence-corrected chi connectivity index (χ0v) is 22.1. The quantitative estimate of drug-likeness (QED) is 0.484. The van der Waals surface area contributed by atoms with Gasteiger partial charge in [-0.05, 0) is 75.6 Å². The maximum atomic E-state index is 13.4. The number of carboxylic acids is 1. The third-order valence-corrected chi connectivity index (χ3v) is 8.87. The van der Waals surface area contributed by atoms with E-state index in [1.807, 2.05) is 13.8 Å². The predicted octanol–water partition coefficient (Wildman–Crippen LogP) is 5.50. The molecule has 3 heterocycles. The molecule has 1 aromatic carbocycles. The first kappa shape index (κ1) is 25.5. The Labute approximate surface area is 221 Å². The zero-order valence-electron chi connectivity index (χ0n) is 20.6. The van der Waals surface area contributed by atoms with Crippen molar-refractivity contribution < 1.29 is 14.3 Å². The minimum Gasteiger partial charge on any atom is -0.481 e. The molecule has 2 aromatic rings. The lowest BCUT2D eigenvalue weighted by molar-refractivity contribution is -0.158. The molecule has 2 aliphatic heterocycles. The maximum absolute atomic E-state index is 13.4. The van der Waals surface area contributed by atoms with Crippen molar-refractivity contribution in [1.82, 2.24) is 14.9 Å². The molecule has 10 heteroatoms. The molecule has 3 aliphatic rings. The van der Waals surface area contributed by atoms with Crippen LogP contribution in [0, 0.1) is 23.1 Å². The van der Waals surface area contributed by atoms with Gasteiger partial charge in [0.25, 0.3) is 0 Å². The number of hydrogen-bond acceptors (Lipinski definition) is 6. The van der Waals surface area contributed by atoms with Gasteiger partial charge in [-0.3, -0.25) is 4.79 Å². The summed E-state index contributed by atoms with van der Waals surface area (Å²) in [5.74, 6) is 1.29. The van der Waals surface area contributed by atoms with E-state index < -0.39 is 11.4 Å². The Morgan fingerprint density at radius 2 is 1.97 bits per heavy atom. The number of carbonyl (C=O) groups is 1. The third kappa shape index (κ3) is 5.00. The van der Waals surface area contributed by atoms with E-state index in [1.54, 1.807) is 12.3 Å². The number of carboxylic acid groups (broad SMARTS) is 1. The second-order valence-electron chi connectivity index (χ2n) is 10.9. The Hall–Kier alpha value is -2.16. The number of benzene rings is 1. The summed E-state index contributed by atoms with van der Waals surface area (Å²) in [5.41, 5.74) is 0.206. The van der Waals surface area contributed by atoms with Gasteiger partial charge in [0, 0.05) is 30.7 Å². The molecule has 194 valence electrons. The number of anilines is 2. The van der Waals surface area contributed by atoms with Crippen LogP contribution >= 0.6 is 23.2 Å². The van der Waals surface area contributed by atoms with Gasteiger partial charge in [-0.25, -0.2) is 9.37 Å². The topological polar surface area (TPSA) is 81.6 Å². The van der Waals surface area contributed by atoms with Crippen LogP contribution in [0.15, 0.2) is 24.4 Å². The van der Waals surface area contributed by atoms with Gasteiger partial charge in [-0.2, -0.15) is 4.98 Å². The van der Waals surface area contributed by atoms with Crippen molar-refractivity contribution >= 4 is 40.9 Å². The lowest BCUT2D eigenvalue weighted by Gasteiger charge is -2.52. The number of nitrogens with one attached hydrogen (secondary N) is 1. The third-order valence-electron chi connectivity index (χ3n) is 8.27. The van der Waals surface area contributed by atoms with Crippen molar-refractivity contribution in [2.75, 3.05) is 36.4 Å². The van der Waals surface area contributed by atoms with E-state index in [2.05, 4.69) is 25.1 Å². The van der Waals surface area contributed by atoms with Gasteiger partial charge in [-0.15, -0.1) is 0 Å². The molecule has 0 unspecified atom stereocenters. The molecule has 5 rings (SSSR count). The second-order valence-corrected chi connectivity index (χ2v) is 11.7. The van der Waals surface area contributed by atoms with Crippen LogP contribution in [0.3, 0.4) is 0 Å². The Bertz CT molecular complexity index is 1140. The van der Waals surface area contributed by atoms with Gasteiger partial charge in [-0.1, -0.05) is 29.3 Å². The molecule has 0 amide bonds. The van der Waals surface area contributed by atoms with Crippen molar-refractivity contribution in [2.24, 2.45) is 17.3 Å². The lowest BCUT2D eigenvalue weighted by atomic mass is 9.65. The Kier molecular flexibility index (Phi) is 7.05. The minimum atomic E-state index is -0.672. The molecule has 0 spiro atoms. The number of piperidine rings is 1. The van der Waals surface area contributed by atoms with Crippen molar-refractivity contribution in [3.8, 4) is 0 Å². The summed E-state index contributed by atoms with van der Waals surface area (Å²) in [7, 11) is 0. The zero-order chi connectivity index (χ0) is 25.6. The van der Waals surface area contributed by atoms with Crippen LogP contribution in [0.5, 0.6) is 0 Å². The monoisotopic (exact) mass is 535 g/mol. The fourth-order valence-corrected chi connectivity index (χ4v) is 6.37. The van der Waals surface area contributed by atoms with Crippen LogP contribution < -0.4 is 10.2 Å². The van der Waals surface area contributed by atoms with Gasteiger partial charge < -0.3 is 20.2 Å². The van der Waals surface area contributed by atoms with Crippen molar-refractivity contribution in [1.29, 1.82) is 0 Å². The standard InChI is InChI=1S/C26H32Cl2FN5O2/c1-15(20-6-5-18(29)8-21(20)27)31-23-22(28)11-30-25(32-23)34-13-17(14-34)16-4-3-7-33(12-16)19-9-26(2,10-19)24(35)36/h5-6,8,11,15-17,19H,3-4,7,9-10,12-14H2,1-2H3,(H,35,36)(H,30,31,32)/t15-,16+,19-,26-/m1/s1. The summed E-state index contributed by atoms with van der Waals surface area (Å²) in [5, 5.41) is 13.5. The van der Waals surface area contributed by atoms with E-state index in [0.29, 0.717) is 39.7 Å². The molecule has 36 heavy (non-hydrogen) atoms. The SMILES string of the molecule is C[C@@H](Nc1nc(N2CC([C@H]3CCCN([C@H]4C[C@](C)(C(=O)O)C4)C3)C2)ncc1Cl)c1ccc(F)cc1Cl. The van der Waals surface area contributed by atoms with Gasteiger partial charge in [0.1, 0.15) is 10.8 Å². The summed E-state index contributed by atoms with van der Waals surface area (Å²) in [4.78, 5) is 25.3. The Morgan fingerprint density at radius 3 is 2.67 bits per heavy atom. The predicted molar refractivity (Wildman–Crippen MR) is 139 cm³/mol. The summed E-state index contributed by atoms with van der Waals surface area (Å²) < 4.78 is 13.4. The average molecular weight is 536 g/mol. The van der Waals surface area contributed by atoms with Crippen LogP contribution in [-0.2, 0) is 4.79 Å². The number of rotatable bonds is 7. The summed E-state index contributed by atoms with van der Waals surface area (Å²) in [6, 6.07) is 4.52. The molecule has 1 saturated carbocycles. The van der Waals surface area contributed by atoms with Crippen LogP contribution in [0.25, 0.3) is 0 Å². The van der Waals surface area contributed by atoms with E-state index in [9.17, 15) is 14.3 Å². The number of aliphatic carboxylic acids is 1. The second kappa shape index (κ2) is 9.95. The van der Waals surface area contributed by atoms with E-state index in [1.165, 1.54) is 18.6 Å². The van der Waals surface area contributed by atoms with Gasteiger partial charge >= 0.3 is 5.97 Å². The normalized spacial score (nSPS) is 27.8. The highest BCUT2D eigenvalue weighted by atomic mass is 35.5. The molecule has 0 radical (unpaired) electrons. The number of halogens is 3. The van der Waals surface area contributed by atoms with Gasteiger partial charge in [0.05, 0.1) is 17.7 Å². The first-order valence-electron chi connectivity index (χ1n) is 12.6. The van der Waals surface area contributed by atoms with Gasteiger partial charge in [0.15, 0.2) is 5.82 Å². The molecule has 1 aliphatic carbocycles.